The Bertz CT molecular complexity index is 400. The molecule has 0 saturated heterocycles. The van der Waals surface area contributed by atoms with E-state index in [9.17, 15) is 0 Å². The summed E-state index contributed by atoms with van der Waals surface area (Å²) in [5, 5.41) is 6.92. The van der Waals surface area contributed by atoms with E-state index in [1.165, 1.54) is 5.56 Å². The van der Waals surface area contributed by atoms with E-state index in [0.717, 1.165) is 37.6 Å². The predicted molar refractivity (Wildman–Crippen MR) is 83.6 cm³/mol. The van der Waals surface area contributed by atoms with Gasteiger partial charge >= 0.3 is 0 Å². The number of hydrogen-bond acceptors (Lipinski definition) is 4. The Balaban J connectivity index is 2.28. The van der Waals surface area contributed by atoms with Gasteiger partial charge in [0.25, 0.3) is 0 Å². The van der Waals surface area contributed by atoms with Crippen LogP contribution in [0.3, 0.4) is 0 Å². The molecule has 0 heterocycles. The largest absolute Gasteiger partial charge is 0.493 e. The molecule has 4 nitrogen and oxygen atoms in total. The van der Waals surface area contributed by atoms with Gasteiger partial charge in [0.1, 0.15) is 0 Å². The molecule has 0 aliphatic heterocycles. The van der Waals surface area contributed by atoms with Crippen molar-refractivity contribution in [3.8, 4) is 11.5 Å². The van der Waals surface area contributed by atoms with Crippen molar-refractivity contribution in [1.82, 2.24) is 10.6 Å². The van der Waals surface area contributed by atoms with Gasteiger partial charge in [0.05, 0.1) is 14.2 Å². The van der Waals surface area contributed by atoms with E-state index in [2.05, 4.69) is 37.5 Å². The van der Waals surface area contributed by atoms with Crippen molar-refractivity contribution in [2.45, 2.75) is 39.3 Å². The summed E-state index contributed by atoms with van der Waals surface area (Å²) >= 11 is 0. The molecule has 20 heavy (non-hydrogen) atoms. The predicted octanol–water partition coefficient (Wildman–Crippen LogP) is 2.57. The zero-order chi connectivity index (χ0) is 15.0. The van der Waals surface area contributed by atoms with E-state index >= 15 is 0 Å². The lowest BCUT2D eigenvalue weighted by Crippen LogP contribution is -2.37. The van der Waals surface area contributed by atoms with Crippen molar-refractivity contribution < 1.29 is 9.47 Å². The van der Waals surface area contributed by atoms with Crippen LogP contribution in [-0.2, 0) is 6.54 Å². The van der Waals surface area contributed by atoms with Gasteiger partial charge < -0.3 is 20.1 Å². The third-order valence-electron chi connectivity index (χ3n) is 2.96. The van der Waals surface area contributed by atoms with Gasteiger partial charge in [-0.25, -0.2) is 0 Å². The first-order valence-electron chi connectivity index (χ1n) is 7.13. The van der Waals surface area contributed by atoms with E-state index in [1.807, 2.05) is 12.1 Å². The van der Waals surface area contributed by atoms with Crippen LogP contribution in [0.1, 0.15) is 32.8 Å². The Kier molecular flexibility index (Phi) is 6.82. The summed E-state index contributed by atoms with van der Waals surface area (Å²) in [4.78, 5) is 0. The van der Waals surface area contributed by atoms with Crippen LogP contribution in [0.4, 0.5) is 0 Å². The Labute approximate surface area is 122 Å². The monoisotopic (exact) mass is 280 g/mol. The Morgan fingerprint density at radius 3 is 2.30 bits per heavy atom. The van der Waals surface area contributed by atoms with Gasteiger partial charge in [-0.1, -0.05) is 6.07 Å². The zero-order valence-electron chi connectivity index (χ0n) is 13.4. The van der Waals surface area contributed by atoms with Crippen LogP contribution in [0.25, 0.3) is 0 Å². The maximum absolute atomic E-state index is 5.30. The average Bonchev–Trinajstić information content (AvgIpc) is 2.41. The van der Waals surface area contributed by atoms with E-state index < -0.39 is 0 Å². The lowest BCUT2D eigenvalue weighted by Gasteiger charge is -2.20. The Morgan fingerprint density at radius 2 is 1.70 bits per heavy atom. The molecule has 0 spiro atoms. The minimum atomic E-state index is 0.198. The molecule has 0 amide bonds. The molecule has 1 aromatic rings. The third kappa shape index (κ3) is 6.26. The zero-order valence-corrected chi connectivity index (χ0v) is 13.4. The molecule has 2 N–H and O–H groups in total. The summed E-state index contributed by atoms with van der Waals surface area (Å²) in [6.45, 7) is 9.42. The van der Waals surface area contributed by atoms with Crippen molar-refractivity contribution >= 4 is 0 Å². The fourth-order valence-corrected chi connectivity index (χ4v) is 1.90. The number of benzene rings is 1. The molecule has 0 fully saturated rings. The molecule has 0 radical (unpaired) electrons. The van der Waals surface area contributed by atoms with Crippen LogP contribution in [0.2, 0.25) is 0 Å². The molecular weight excluding hydrogens is 252 g/mol. The first kappa shape index (κ1) is 16.8. The molecular formula is C16H28N2O2. The molecule has 1 rings (SSSR count). The van der Waals surface area contributed by atoms with Gasteiger partial charge in [-0.3, -0.25) is 0 Å². The van der Waals surface area contributed by atoms with E-state index in [-0.39, 0.29) is 5.54 Å². The number of nitrogens with one attached hydrogen (secondary N) is 2. The van der Waals surface area contributed by atoms with Crippen molar-refractivity contribution in [1.29, 1.82) is 0 Å². The normalized spacial score (nSPS) is 11.4. The highest BCUT2D eigenvalue weighted by Crippen LogP contribution is 2.27. The summed E-state index contributed by atoms with van der Waals surface area (Å²) in [5.41, 5.74) is 1.40. The first-order chi connectivity index (χ1) is 9.46. The van der Waals surface area contributed by atoms with E-state index in [0.29, 0.717) is 0 Å². The molecule has 0 saturated carbocycles. The summed E-state index contributed by atoms with van der Waals surface area (Å²) in [6.07, 6.45) is 1.12. The number of ether oxygens (including phenoxy) is 2. The van der Waals surface area contributed by atoms with Crippen molar-refractivity contribution in [2.24, 2.45) is 0 Å². The van der Waals surface area contributed by atoms with Crippen LogP contribution in [0.5, 0.6) is 11.5 Å². The van der Waals surface area contributed by atoms with Crippen LogP contribution >= 0.6 is 0 Å². The summed E-state index contributed by atoms with van der Waals surface area (Å²) in [5.74, 6) is 1.55. The lowest BCUT2D eigenvalue weighted by atomic mass is 10.1. The molecule has 4 heteroatoms. The van der Waals surface area contributed by atoms with Gasteiger partial charge in [0.2, 0.25) is 0 Å². The van der Waals surface area contributed by atoms with E-state index in [1.54, 1.807) is 14.2 Å². The number of hydrogen-bond donors (Lipinski definition) is 2. The quantitative estimate of drug-likeness (QED) is 0.718. The molecule has 1 aromatic carbocycles. The second-order valence-corrected chi connectivity index (χ2v) is 5.90. The second kappa shape index (κ2) is 8.12. The second-order valence-electron chi connectivity index (χ2n) is 5.90. The first-order valence-corrected chi connectivity index (χ1v) is 7.13. The highest BCUT2D eigenvalue weighted by atomic mass is 16.5. The van der Waals surface area contributed by atoms with Crippen LogP contribution in [0.15, 0.2) is 18.2 Å². The average molecular weight is 280 g/mol. The minimum Gasteiger partial charge on any atom is -0.493 e. The smallest absolute Gasteiger partial charge is 0.161 e. The molecule has 114 valence electrons. The maximum atomic E-state index is 5.30. The minimum absolute atomic E-state index is 0.198. The molecule has 0 aromatic heterocycles. The fraction of sp³-hybridized carbons (Fsp3) is 0.625. The highest BCUT2D eigenvalue weighted by molar-refractivity contribution is 5.42. The van der Waals surface area contributed by atoms with Crippen molar-refractivity contribution in [2.75, 3.05) is 27.3 Å². The van der Waals surface area contributed by atoms with Gasteiger partial charge in [0.15, 0.2) is 11.5 Å². The van der Waals surface area contributed by atoms with Gasteiger partial charge in [-0.2, -0.15) is 0 Å². The van der Waals surface area contributed by atoms with Crippen molar-refractivity contribution in [3.63, 3.8) is 0 Å². The van der Waals surface area contributed by atoms with Gasteiger partial charge in [0, 0.05) is 12.1 Å². The summed E-state index contributed by atoms with van der Waals surface area (Å²) in [7, 11) is 3.31. The highest BCUT2D eigenvalue weighted by Gasteiger charge is 2.07. The Hall–Kier alpha value is -1.26. The molecule has 0 aliphatic rings. The number of methoxy groups -OCH3 is 2. The Morgan fingerprint density at radius 1 is 1.00 bits per heavy atom. The molecule has 0 bridgehead atoms. The SMILES string of the molecule is COc1ccc(CNCCCNC(C)(C)C)cc1OC. The summed E-state index contributed by atoms with van der Waals surface area (Å²) in [6, 6.07) is 6.01. The van der Waals surface area contributed by atoms with Crippen LogP contribution in [-0.4, -0.2) is 32.8 Å². The van der Waals surface area contributed by atoms with E-state index in [4.69, 9.17) is 9.47 Å². The van der Waals surface area contributed by atoms with Crippen LogP contribution < -0.4 is 20.1 Å². The maximum Gasteiger partial charge on any atom is 0.161 e. The standard InChI is InChI=1S/C16H28N2O2/c1-16(2,3)18-10-6-9-17-12-13-7-8-14(19-4)15(11-13)20-5/h7-8,11,17-18H,6,9-10,12H2,1-5H3. The molecule has 0 aliphatic carbocycles. The molecule has 0 unspecified atom stereocenters. The molecule has 0 atom stereocenters. The fourth-order valence-electron chi connectivity index (χ4n) is 1.90. The summed E-state index contributed by atoms with van der Waals surface area (Å²) < 4.78 is 10.5. The van der Waals surface area contributed by atoms with Crippen LogP contribution in [0, 0.1) is 0 Å². The lowest BCUT2D eigenvalue weighted by molar-refractivity contribution is 0.354. The van der Waals surface area contributed by atoms with Gasteiger partial charge in [-0.15, -0.1) is 0 Å². The third-order valence-corrected chi connectivity index (χ3v) is 2.96. The number of rotatable bonds is 8. The topological polar surface area (TPSA) is 42.5 Å². The van der Waals surface area contributed by atoms with Gasteiger partial charge in [-0.05, 0) is 58.0 Å². The van der Waals surface area contributed by atoms with Crippen molar-refractivity contribution in [3.05, 3.63) is 23.8 Å².